The number of aromatic nitrogens is 2. The molecule has 1 unspecified atom stereocenters. The van der Waals surface area contributed by atoms with Crippen molar-refractivity contribution in [3.05, 3.63) is 113 Å². The van der Waals surface area contributed by atoms with Crippen molar-refractivity contribution >= 4 is 56.5 Å². The fourth-order valence-electron chi connectivity index (χ4n) is 5.23. The molecule has 0 spiro atoms. The second-order valence-corrected chi connectivity index (χ2v) is 12.1. The fraction of sp³-hybridized carbons (Fsp3) is 0.176. The SMILES string of the molecule is CCOc1ccc(C(O)=C2C(=O)C(=O)N(c3nnc(SCc4cccc5ccccc45)s3)C2c2cccc(OCC)c2)cc1. The Morgan fingerprint density at radius 3 is 2.41 bits per heavy atom. The van der Waals surface area contributed by atoms with Gasteiger partial charge in [-0.25, -0.2) is 0 Å². The molecule has 1 saturated heterocycles. The maximum atomic E-state index is 13.6. The molecule has 222 valence electrons. The number of carbonyl (C=O) groups is 2. The Hall–Kier alpha value is -4.67. The fourth-order valence-corrected chi connectivity index (χ4v) is 7.11. The van der Waals surface area contributed by atoms with E-state index < -0.39 is 17.7 Å². The van der Waals surface area contributed by atoms with Crippen LogP contribution in [0, 0.1) is 0 Å². The molecule has 4 aromatic carbocycles. The van der Waals surface area contributed by atoms with E-state index in [0.29, 0.717) is 45.9 Å². The van der Waals surface area contributed by atoms with Crippen LogP contribution in [0.5, 0.6) is 11.5 Å². The third kappa shape index (κ3) is 5.78. The number of carbonyl (C=O) groups excluding carboxylic acids is 2. The molecule has 2 heterocycles. The lowest BCUT2D eigenvalue weighted by Crippen LogP contribution is -2.29. The van der Waals surface area contributed by atoms with E-state index in [4.69, 9.17) is 9.47 Å². The zero-order chi connectivity index (χ0) is 30.6. The third-order valence-electron chi connectivity index (χ3n) is 7.20. The highest BCUT2D eigenvalue weighted by molar-refractivity contribution is 8.00. The van der Waals surface area contributed by atoms with Gasteiger partial charge in [0.25, 0.3) is 5.78 Å². The number of amides is 1. The lowest BCUT2D eigenvalue weighted by Gasteiger charge is -2.23. The minimum absolute atomic E-state index is 0.0343. The van der Waals surface area contributed by atoms with E-state index in [-0.39, 0.29) is 16.5 Å². The largest absolute Gasteiger partial charge is 0.507 e. The molecule has 0 aliphatic carbocycles. The Morgan fingerprint density at radius 1 is 0.886 bits per heavy atom. The van der Waals surface area contributed by atoms with Crippen molar-refractivity contribution in [2.45, 2.75) is 30.0 Å². The summed E-state index contributed by atoms with van der Waals surface area (Å²) in [7, 11) is 0. The first kappa shape index (κ1) is 29.4. The van der Waals surface area contributed by atoms with E-state index in [1.54, 1.807) is 48.5 Å². The number of anilines is 1. The lowest BCUT2D eigenvalue weighted by molar-refractivity contribution is -0.132. The number of hydrogen-bond donors (Lipinski definition) is 1. The Balaban J connectivity index is 1.37. The van der Waals surface area contributed by atoms with Crippen LogP contribution in [-0.4, -0.2) is 40.2 Å². The zero-order valence-corrected chi connectivity index (χ0v) is 25.7. The van der Waals surface area contributed by atoms with Crippen LogP contribution in [0.3, 0.4) is 0 Å². The number of aliphatic hydroxyl groups is 1. The summed E-state index contributed by atoms with van der Waals surface area (Å²) < 4.78 is 11.9. The van der Waals surface area contributed by atoms with Crippen LogP contribution in [0.4, 0.5) is 5.13 Å². The van der Waals surface area contributed by atoms with Gasteiger partial charge in [-0.05, 0) is 72.1 Å². The van der Waals surface area contributed by atoms with Crippen molar-refractivity contribution in [3.8, 4) is 11.5 Å². The smallest absolute Gasteiger partial charge is 0.301 e. The van der Waals surface area contributed by atoms with Crippen LogP contribution in [0.25, 0.3) is 16.5 Å². The van der Waals surface area contributed by atoms with Gasteiger partial charge in [0.05, 0.1) is 24.8 Å². The van der Waals surface area contributed by atoms with Gasteiger partial charge in [-0.15, -0.1) is 10.2 Å². The highest BCUT2D eigenvalue weighted by Gasteiger charge is 2.48. The molecule has 1 fully saturated rings. The standard InChI is InChI=1S/C34H29N3O5S2/c1-3-41-25-17-15-22(16-18-25)30(38)28-29(23-11-8-13-26(19-23)42-4-2)37(32(40)31(28)39)33-35-36-34(44-33)43-20-24-12-7-10-21-9-5-6-14-27(21)24/h5-19,29,38H,3-4,20H2,1-2H3. The first-order chi connectivity index (χ1) is 21.5. The Kier molecular flexibility index (Phi) is 8.63. The van der Waals surface area contributed by atoms with Crippen LogP contribution in [0.1, 0.15) is 36.6 Å². The Bertz CT molecular complexity index is 1860. The molecule has 1 N–H and O–H groups in total. The normalized spacial score (nSPS) is 16.0. The highest BCUT2D eigenvalue weighted by atomic mass is 32.2. The van der Waals surface area contributed by atoms with E-state index >= 15 is 0 Å². The highest BCUT2D eigenvalue weighted by Crippen LogP contribution is 2.45. The topological polar surface area (TPSA) is 102 Å². The number of rotatable bonds is 10. The van der Waals surface area contributed by atoms with Crippen LogP contribution in [0.15, 0.2) is 101 Å². The summed E-state index contributed by atoms with van der Waals surface area (Å²) in [5.41, 5.74) is 2.12. The van der Waals surface area contributed by atoms with Gasteiger partial charge in [-0.2, -0.15) is 0 Å². The molecule has 44 heavy (non-hydrogen) atoms. The molecule has 0 bridgehead atoms. The van der Waals surface area contributed by atoms with Crippen LogP contribution in [-0.2, 0) is 15.3 Å². The monoisotopic (exact) mass is 623 g/mol. The van der Waals surface area contributed by atoms with Gasteiger partial charge in [0.2, 0.25) is 5.13 Å². The molecule has 1 atom stereocenters. The molecule has 1 aromatic heterocycles. The summed E-state index contributed by atoms with van der Waals surface area (Å²) in [6.45, 7) is 4.70. The molecular formula is C34H29N3O5S2. The summed E-state index contributed by atoms with van der Waals surface area (Å²) in [5.74, 6) is 0.00475. The minimum atomic E-state index is -0.939. The maximum absolute atomic E-state index is 13.6. The first-order valence-electron chi connectivity index (χ1n) is 14.2. The molecule has 6 rings (SSSR count). The number of ketones is 1. The number of nitrogens with zero attached hydrogens (tertiary/aromatic N) is 3. The second-order valence-electron chi connectivity index (χ2n) is 9.91. The van der Waals surface area contributed by atoms with E-state index in [2.05, 4.69) is 34.5 Å². The Labute approximate surface area is 263 Å². The van der Waals surface area contributed by atoms with Gasteiger partial charge in [0.15, 0.2) is 4.34 Å². The predicted octanol–water partition coefficient (Wildman–Crippen LogP) is 7.41. The van der Waals surface area contributed by atoms with Gasteiger partial charge in [0, 0.05) is 11.3 Å². The van der Waals surface area contributed by atoms with Crippen molar-refractivity contribution < 1.29 is 24.2 Å². The summed E-state index contributed by atoms with van der Waals surface area (Å²) in [6.07, 6.45) is 0. The first-order valence-corrected chi connectivity index (χ1v) is 16.0. The second kappa shape index (κ2) is 12.9. The van der Waals surface area contributed by atoms with Crippen molar-refractivity contribution in [1.29, 1.82) is 0 Å². The number of aliphatic hydroxyl groups excluding tert-OH is 1. The van der Waals surface area contributed by atoms with Gasteiger partial charge in [-0.1, -0.05) is 77.7 Å². The van der Waals surface area contributed by atoms with Crippen molar-refractivity contribution in [2.24, 2.45) is 0 Å². The molecule has 0 radical (unpaired) electrons. The zero-order valence-electron chi connectivity index (χ0n) is 24.1. The van der Waals surface area contributed by atoms with E-state index in [9.17, 15) is 14.7 Å². The van der Waals surface area contributed by atoms with Gasteiger partial charge < -0.3 is 14.6 Å². The summed E-state index contributed by atoms with van der Waals surface area (Å²) in [4.78, 5) is 28.6. The average molecular weight is 624 g/mol. The summed E-state index contributed by atoms with van der Waals surface area (Å²) in [5, 5.41) is 22.8. The number of ether oxygens (including phenoxy) is 2. The number of Topliss-reactive ketones (excluding diaryl/α,β-unsaturated/α-hetero) is 1. The predicted molar refractivity (Wildman–Crippen MR) is 173 cm³/mol. The molecule has 8 nitrogen and oxygen atoms in total. The quantitative estimate of drug-likeness (QED) is 0.0564. The van der Waals surface area contributed by atoms with Crippen LogP contribution >= 0.6 is 23.1 Å². The number of hydrogen-bond acceptors (Lipinski definition) is 9. The summed E-state index contributed by atoms with van der Waals surface area (Å²) in [6, 6.07) is 27.4. The lowest BCUT2D eigenvalue weighted by atomic mass is 9.95. The van der Waals surface area contributed by atoms with Crippen LogP contribution < -0.4 is 14.4 Å². The minimum Gasteiger partial charge on any atom is -0.507 e. The molecule has 1 aliphatic heterocycles. The van der Waals surface area contributed by atoms with Crippen molar-refractivity contribution in [3.63, 3.8) is 0 Å². The molecule has 10 heteroatoms. The Morgan fingerprint density at radius 2 is 1.61 bits per heavy atom. The maximum Gasteiger partial charge on any atom is 0.301 e. The molecular weight excluding hydrogens is 595 g/mol. The summed E-state index contributed by atoms with van der Waals surface area (Å²) >= 11 is 2.75. The van der Waals surface area contributed by atoms with Gasteiger partial charge in [0.1, 0.15) is 17.3 Å². The van der Waals surface area contributed by atoms with Crippen LogP contribution in [0.2, 0.25) is 0 Å². The van der Waals surface area contributed by atoms with Gasteiger partial charge >= 0.3 is 5.91 Å². The van der Waals surface area contributed by atoms with E-state index in [1.165, 1.54) is 33.4 Å². The molecule has 1 aliphatic rings. The molecule has 5 aromatic rings. The molecule has 1 amide bonds. The number of benzene rings is 4. The van der Waals surface area contributed by atoms with Crippen molar-refractivity contribution in [1.82, 2.24) is 10.2 Å². The van der Waals surface area contributed by atoms with Gasteiger partial charge in [-0.3, -0.25) is 14.5 Å². The number of fused-ring (bicyclic) bond motifs is 1. The third-order valence-corrected chi connectivity index (χ3v) is 9.31. The molecule has 0 saturated carbocycles. The average Bonchev–Trinajstić information content (AvgIpc) is 3.62. The number of thioether (sulfide) groups is 1. The van der Waals surface area contributed by atoms with E-state index in [0.717, 1.165) is 10.9 Å². The van der Waals surface area contributed by atoms with Crippen molar-refractivity contribution in [2.75, 3.05) is 18.1 Å². The van der Waals surface area contributed by atoms with E-state index in [1.807, 2.05) is 32.0 Å².